The lowest BCUT2D eigenvalue weighted by Crippen LogP contribution is -2.34. The Balaban J connectivity index is 2.55. The summed E-state index contributed by atoms with van der Waals surface area (Å²) < 4.78 is 0. The Morgan fingerprint density at radius 2 is 2.13 bits per heavy atom. The Hall–Kier alpha value is -1.38. The Kier molecular flexibility index (Phi) is 3.45. The molecule has 1 amide bonds. The van der Waals surface area contributed by atoms with E-state index in [1.165, 1.54) is 0 Å². The number of nitrogens with one attached hydrogen (secondary N) is 1. The molecule has 0 bridgehead atoms. The summed E-state index contributed by atoms with van der Waals surface area (Å²) in [6.45, 7) is 8.22. The highest BCUT2D eigenvalue weighted by molar-refractivity contribution is 5.81. The van der Waals surface area contributed by atoms with Crippen LogP contribution in [-0.2, 0) is 11.3 Å². The van der Waals surface area contributed by atoms with Crippen LogP contribution in [0.1, 0.15) is 32.0 Å². The van der Waals surface area contributed by atoms with Crippen molar-refractivity contribution in [3.63, 3.8) is 0 Å². The molecule has 1 aromatic heterocycles. The van der Waals surface area contributed by atoms with Gasteiger partial charge in [-0.25, -0.2) is 0 Å². The van der Waals surface area contributed by atoms with E-state index in [4.69, 9.17) is 0 Å². The maximum Gasteiger partial charge on any atom is 0.225 e. The van der Waals surface area contributed by atoms with E-state index in [1.807, 2.05) is 39.8 Å². The average molecular weight is 206 g/mol. The van der Waals surface area contributed by atoms with Crippen molar-refractivity contribution in [2.24, 2.45) is 5.41 Å². The molecule has 0 unspecified atom stereocenters. The highest BCUT2D eigenvalue weighted by Gasteiger charge is 2.20. The van der Waals surface area contributed by atoms with Crippen molar-refractivity contribution in [1.29, 1.82) is 0 Å². The summed E-state index contributed by atoms with van der Waals surface area (Å²) in [7, 11) is 0. The fourth-order valence-electron chi connectivity index (χ4n) is 1.16. The van der Waals surface area contributed by atoms with Crippen molar-refractivity contribution < 1.29 is 4.79 Å². The third kappa shape index (κ3) is 3.70. The van der Waals surface area contributed by atoms with Gasteiger partial charge in [0.1, 0.15) is 0 Å². The van der Waals surface area contributed by atoms with Gasteiger partial charge in [0.15, 0.2) is 0 Å². The van der Waals surface area contributed by atoms with Crippen LogP contribution in [0.25, 0.3) is 0 Å². The van der Waals surface area contributed by atoms with Crippen LogP contribution >= 0.6 is 0 Å². The van der Waals surface area contributed by atoms with Gasteiger partial charge in [-0.2, -0.15) is 0 Å². The molecule has 0 aliphatic rings. The van der Waals surface area contributed by atoms with Crippen LogP contribution in [0.3, 0.4) is 0 Å². The highest BCUT2D eigenvalue weighted by atomic mass is 16.2. The number of amides is 1. The Bertz CT molecular complexity index is 353. The topological polar surface area (TPSA) is 42.0 Å². The number of carbonyl (C=O) groups excluding carboxylic acids is 1. The minimum Gasteiger partial charge on any atom is -0.352 e. The third-order valence-electron chi connectivity index (χ3n) is 2.10. The second-order valence-corrected chi connectivity index (χ2v) is 4.74. The van der Waals surface area contributed by atoms with Crippen molar-refractivity contribution in [2.45, 2.75) is 34.2 Å². The molecule has 1 heterocycles. The monoisotopic (exact) mass is 206 g/mol. The van der Waals surface area contributed by atoms with Gasteiger partial charge in [-0.1, -0.05) is 20.8 Å². The molecule has 0 aromatic carbocycles. The first-order chi connectivity index (χ1) is 6.89. The summed E-state index contributed by atoms with van der Waals surface area (Å²) in [5.74, 6) is 0.0666. The second kappa shape index (κ2) is 4.43. The molecule has 15 heavy (non-hydrogen) atoms. The first kappa shape index (κ1) is 11.7. The molecule has 0 aliphatic carbocycles. The summed E-state index contributed by atoms with van der Waals surface area (Å²) in [5.41, 5.74) is 1.72. The smallest absolute Gasteiger partial charge is 0.225 e. The van der Waals surface area contributed by atoms with Gasteiger partial charge in [0.25, 0.3) is 0 Å². The second-order valence-electron chi connectivity index (χ2n) is 4.74. The summed E-state index contributed by atoms with van der Waals surface area (Å²) >= 11 is 0. The zero-order valence-corrected chi connectivity index (χ0v) is 9.79. The fourth-order valence-corrected chi connectivity index (χ4v) is 1.16. The van der Waals surface area contributed by atoms with Crippen LogP contribution in [0.4, 0.5) is 0 Å². The zero-order chi connectivity index (χ0) is 11.5. The van der Waals surface area contributed by atoms with Gasteiger partial charge >= 0.3 is 0 Å². The highest BCUT2D eigenvalue weighted by Crippen LogP contribution is 2.12. The molecule has 0 atom stereocenters. The van der Waals surface area contributed by atoms with Crippen molar-refractivity contribution in [1.82, 2.24) is 10.3 Å². The minimum absolute atomic E-state index is 0.0666. The average Bonchev–Trinajstić information content (AvgIpc) is 2.12. The molecule has 82 valence electrons. The van der Waals surface area contributed by atoms with Gasteiger partial charge in [-0.05, 0) is 24.6 Å². The molecular weight excluding hydrogens is 188 g/mol. The van der Waals surface area contributed by atoms with E-state index in [0.29, 0.717) is 6.54 Å². The molecular formula is C12H18N2O. The molecule has 0 spiro atoms. The first-order valence-corrected chi connectivity index (χ1v) is 5.09. The number of hydrogen-bond donors (Lipinski definition) is 1. The van der Waals surface area contributed by atoms with E-state index < -0.39 is 0 Å². The van der Waals surface area contributed by atoms with Crippen LogP contribution in [-0.4, -0.2) is 10.9 Å². The predicted molar refractivity (Wildman–Crippen MR) is 60.3 cm³/mol. The number of rotatable bonds is 2. The van der Waals surface area contributed by atoms with Crippen molar-refractivity contribution in [2.75, 3.05) is 0 Å². The van der Waals surface area contributed by atoms with Gasteiger partial charge in [0.2, 0.25) is 5.91 Å². The normalized spacial score (nSPS) is 11.2. The summed E-state index contributed by atoms with van der Waals surface area (Å²) in [6.07, 6.45) is 1.76. The Morgan fingerprint density at radius 3 is 2.67 bits per heavy atom. The van der Waals surface area contributed by atoms with E-state index in [2.05, 4.69) is 10.3 Å². The molecule has 3 heteroatoms. The van der Waals surface area contributed by atoms with Gasteiger partial charge in [-0.15, -0.1) is 0 Å². The Morgan fingerprint density at radius 1 is 1.47 bits per heavy atom. The summed E-state index contributed by atoms with van der Waals surface area (Å²) in [5, 5.41) is 2.90. The predicted octanol–water partition coefficient (Wildman–Crippen LogP) is 2.05. The molecule has 0 saturated carbocycles. The van der Waals surface area contributed by atoms with Crippen LogP contribution < -0.4 is 5.32 Å². The van der Waals surface area contributed by atoms with E-state index in [-0.39, 0.29) is 11.3 Å². The molecule has 1 rings (SSSR count). The number of aryl methyl sites for hydroxylation is 1. The Labute approximate surface area is 90.9 Å². The van der Waals surface area contributed by atoms with Crippen LogP contribution in [0.15, 0.2) is 18.3 Å². The standard InChI is InChI=1S/C12H18N2O/c1-9-7-10(5-6-13-9)8-14-11(15)12(2,3)4/h5-7H,8H2,1-4H3,(H,14,15). The van der Waals surface area contributed by atoms with Gasteiger partial charge in [0, 0.05) is 23.9 Å². The van der Waals surface area contributed by atoms with Gasteiger partial charge < -0.3 is 5.32 Å². The van der Waals surface area contributed by atoms with Crippen LogP contribution in [0.5, 0.6) is 0 Å². The van der Waals surface area contributed by atoms with Gasteiger partial charge in [-0.3, -0.25) is 9.78 Å². The molecule has 0 saturated heterocycles. The number of hydrogen-bond acceptors (Lipinski definition) is 2. The molecule has 0 radical (unpaired) electrons. The number of aromatic nitrogens is 1. The van der Waals surface area contributed by atoms with Crippen LogP contribution in [0.2, 0.25) is 0 Å². The van der Waals surface area contributed by atoms with Crippen molar-refractivity contribution >= 4 is 5.91 Å². The minimum atomic E-state index is -0.331. The van der Waals surface area contributed by atoms with Gasteiger partial charge in [0.05, 0.1) is 0 Å². The largest absolute Gasteiger partial charge is 0.352 e. The summed E-state index contributed by atoms with van der Waals surface area (Å²) in [6, 6.07) is 3.89. The molecule has 3 nitrogen and oxygen atoms in total. The lowest BCUT2D eigenvalue weighted by atomic mass is 9.95. The fraction of sp³-hybridized carbons (Fsp3) is 0.500. The molecule has 0 aliphatic heterocycles. The molecule has 1 N–H and O–H groups in total. The van der Waals surface area contributed by atoms with E-state index in [9.17, 15) is 4.79 Å². The van der Waals surface area contributed by atoms with E-state index in [1.54, 1.807) is 6.20 Å². The maximum atomic E-state index is 11.6. The summed E-state index contributed by atoms with van der Waals surface area (Å²) in [4.78, 5) is 15.7. The first-order valence-electron chi connectivity index (χ1n) is 5.09. The maximum absolute atomic E-state index is 11.6. The van der Waals surface area contributed by atoms with Crippen LogP contribution in [0, 0.1) is 12.3 Å². The third-order valence-corrected chi connectivity index (χ3v) is 2.10. The van der Waals surface area contributed by atoms with E-state index in [0.717, 1.165) is 11.3 Å². The quantitative estimate of drug-likeness (QED) is 0.804. The number of nitrogens with zero attached hydrogens (tertiary/aromatic N) is 1. The molecule has 0 fully saturated rings. The van der Waals surface area contributed by atoms with Crippen molar-refractivity contribution in [3.05, 3.63) is 29.6 Å². The SMILES string of the molecule is Cc1cc(CNC(=O)C(C)(C)C)ccn1. The van der Waals surface area contributed by atoms with Crippen molar-refractivity contribution in [3.8, 4) is 0 Å². The number of carbonyl (C=O) groups is 1. The lowest BCUT2D eigenvalue weighted by molar-refractivity contribution is -0.128. The lowest BCUT2D eigenvalue weighted by Gasteiger charge is -2.17. The molecule has 1 aromatic rings. The van der Waals surface area contributed by atoms with E-state index >= 15 is 0 Å². The number of pyridine rings is 1. The zero-order valence-electron chi connectivity index (χ0n) is 9.79.